The fourth-order valence-electron chi connectivity index (χ4n) is 5.74. The van der Waals surface area contributed by atoms with E-state index in [0.717, 1.165) is 19.3 Å². The monoisotopic (exact) mass is 632 g/mol. The zero-order chi connectivity index (χ0) is 27.4. The summed E-state index contributed by atoms with van der Waals surface area (Å²) in [6, 6.07) is 0. The summed E-state index contributed by atoms with van der Waals surface area (Å²) in [5, 5.41) is 0. The Bertz CT molecular complexity index is 773. The summed E-state index contributed by atoms with van der Waals surface area (Å²) < 4.78 is 34.1. The summed E-state index contributed by atoms with van der Waals surface area (Å²) in [6.07, 6.45) is 5.90. The Hall–Kier alpha value is -1.13. The number of rotatable bonds is 15. The van der Waals surface area contributed by atoms with Crippen molar-refractivity contribution < 1.29 is 38.1 Å². The standard InChI is InChI=1S/C16H21O8.3C4H9.Sn/c1-9(17)20-5-4-12-7-22-16-13(12)6-14(23-11(3)19)15(24-16)8-21-10(2)18;3*1-3-4-2;/h13-16H,5-8H2,1-3H3;3*1,3-4H2,2H3;/t13-,14-,15+,16-;;;;/m0..../s1. The van der Waals surface area contributed by atoms with Gasteiger partial charge in [-0.2, -0.15) is 0 Å². The maximum absolute atomic E-state index is 12.0. The molecule has 0 radical (unpaired) electrons. The molecule has 37 heavy (non-hydrogen) atoms. The van der Waals surface area contributed by atoms with Gasteiger partial charge in [-0.05, 0) is 0 Å². The van der Waals surface area contributed by atoms with Gasteiger partial charge >= 0.3 is 228 Å². The summed E-state index contributed by atoms with van der Waals surface area (Å²) in [4.78, 5) is 35.3. The van der Waals surface area contributed by atoms with Crippen LogP contribution < -0.4 is 0 Å². The SMILES string of the molecule is CCC[CH2][Sn]([CH2]CCC)([CH2]CCC)/[C](COC(C)=O)=C1/CO[C@H]2O[C@H](COC(C)=O)[C@@H](OC(C)=O)C[C@@H]12. The molecule has 212 valence electrons. The molecule has 0 aliphatic carbocycles. The van der Waals surface area contributed by atoms with E-state index in [0.29, 0.717) is 19.6 Å². The first-order chi connectivity index (χ1) is 17.7. The van der Waals surface area contributed by atoms with Crippen LogP contribution in [0.5, 0.6) is 0 Å². The van der Waals surface area contributed by atoms with Crippen LogP contribution in [0.4, 0.5) is 0 Å². The molecule has 2 aliphatic heterocycles. The average Bonchev–Trinajstić information content (AvgIpc) is 3.24. The van der Waals surface area contributed by atoms with Crippen molar-refractivity contribution in [2.75, 3.05) is 19.8 Å². The van der Waals surface area contributed by atoms with E-state index in [4.69, 9.17) is 23.7 Å². The molecule has 8 nitrogen and oxygen atoms in total. The van der Waals surface area contributed by atoms with Crippen molar-refractivity contribution in [1.82, 2.24) is 0 Å². The molecule has 2 rings (SSSR count). The summed E-state index contributed by atoms with van der Waals surface area (Å²) in [7, 11) is 0. The van der Waals surface area contributed by atoms with E-state index < -0.39 is 48.8 Å². The first kappa shape index (κ1) is 32.1. The predicted octanol–water partition coefficient (Wildman–Crippen LogP) is 5.49. The number of hydrogen-bond donors (Lipinski definition) is 0. The molecule has 0 unspecified atom stereocenters. The van der Waals surface area contributed by atoms with Crippen molar-refractivity contribution in [3.63, 3.8) is 0 Å². The van der Waals surface area contributed by atoms with E-state index in [2.05, 4.69) is 20.8 Å². The van der Waals surface area contributed by atoms with Crippen molar-refractivity contribution in [1.29, 1.82) is 0 Å². The second kappa shape index (κ2) is 16.1. The van der Waals surface area contributed by atoms with E-state index in [1.807, 2.05) is 0 Å². The van der Waals surface area contributed by atoms with E-state index in [9.17, 15) is 14.4 Å². The Morgan fingerprint density at radius 3 is 1.92 bits per heavy atom. The van der Waals surface area contributed by atoms with Gasteiger partial charge in [-0.25, -0.2) is 0 Å². The minimum absolute atomic E-state index is 0.00583. The van der Waals surface area contributed by atoms with Gasteiger partial charge in [0.15, 0.2) is 0 Å². The molecule has 0 aromatic rings. The van der Waals surface area contributed by atoms with Gasteiger partial charge in [0.25, 0.3) is 0 Å². The van der Waals surface area contributed by atoms with Crippen molar-refractivity contribution in [3.8, 4) is 0 Å². The first-order valence-corrected chi connectivity index (χ1v) is 21.6. The van der Waals surface area contributed by atoms with E-state index >= 15 is 0 Å². The Balaban J connectivity index is 2.52. The molecule has 0 N–H and O–H groups in total. The molecule has 0 aromatic heterocycles. The van der Waals surface area contributed by atoms with Gasteiger partial charge in [-0.1, -0.05) is 0 Å². The molecule has 0 bridgehead atoms. The molecule has 4 atom stereocenters. The fraction of sp³-hybridized carbons (Fsp3) is 0.821. The number of carbonyl (C=O) groups is 3. The van der Waals surface area contributed by atoms with Crippen LogP contribution in [-0.2, 0) is 38.1 Å². The third kappa shape index (κ3) is 9.53. The van der Waals surface area contributed by atoms with Crippen LogP contribution in [0.15, 0.2) is 9.16 Å². The summed E-state index contributed by atoms with van der Waals surface area (Å²) in [6.45, 7) is 11.7. The van der Waals surface area contributed by atoms with Gasteiger partial charge in [-0.15, -0.1) is 0 Å². The second-order valence-corrected chi connectivity index (χ2v) is 23.8. The van der Waals surface area contributed by atoms with E-state index in [1.165, 1.54) is 62.5 Å². The Kier molecular flexibility index (Phi) is 13.9. The van der Waals surface area contributed by atoms with Gasteiger partial charge in [0, 0.05) is 0 Å². The van der Waals surface area contributed by atoms with E-state index in [-0.39, 0.29) is 18.5 Å². The number of fused-ring (bicyclic) bond motifs is 1. The van der Waals surface area contributed by atoms with Gasteiger partial charge in [-0.3, -0.25) is 0 Å². The molecular formula is C28H48O8Sn. The normalized spacial score (nSPS) is 24.8. The van der Waals surface area contributed by atoms with Crippen molar-refractivity contribution in [2.45, 2.75) is 118 Å². The molecule has 9 heteroatoms. The van der Waals surface area contributed by atoms with Gasteiger partial charge < -0.3 is 0 Å². The molecule has 0 aromatic carbocycles. The Morgan fingerprint density at radius 2 is 1.43 bits per heavy atom. The predicted molar refractivity (Wildman–Crippen MR) is 143 cm³/mol. The molecule has 0 spiro atoms. The van der Waals surface area contributed by atoms with Crippen molar-refractivity contribution in [3.05, 3.63) is 9.16 Å². The molecule has 0 saturated carbocycles. The number of ether oxygens (including phenoxy) is 5. The average molecular weight is 631 g/mol. The van der Waals surface area contributed by atoms with Crippen LogP contribution in [0.25, 0.3) is 0 Å². The second-order valence-electron chi connectivity index (χ2n) is 10.5. The zero-order valence-corrected chi connectivity index (χ0v) is 26.6. The van der Waals surface area contributed by atoms with Crippen LogP contribution in [0.1, 0.15) is 86.5 Å². The number of hydrogen-bond acceptors (Lipinski definition) is 8. The van der Waals surface area contributed by atoms with Crippen LogP contribution in [0, 0.1) is 5.92 Å². The van der Waals surface area contributed by atoms with Gasteiger partial charge in [0.2, 0.25) is 0 Å². The summed E-state index contributed by atoms with van der Waals surface area (Å²) >= 11 is -2.99. The maximum atomic E-state index is 12.0. The number of unbranched alkanes of at least 4 members (excludes halogenated alkanes) is 3. The van der Waals surface area contributed by atoms with Crippen LogP contribution in [-0.4, -0.2) is 74.6 Å². The molecule has 2 fully saturated rings. The Labute approximate surface area is 227 Å². The molecule has 2 saturated heterocycles. The first-order valence-electron chi connectivity index (χ1n) is 14.1. The third-order valence-electron chi connectivity index (χ3n) is 7.63. The van der Waals surface area contributed by atoms with Gasteiger partial charge in [0.05, 0.1) is 0 Å². The van der Waals surface area contributed by atoms with E-state index in [1.54, 1.807) is 0 Å². The topological polar surface area (TPSA) is 97.4 Å². The van der Waals surface area contributed by atoms with Crippen molar-refractivity contribution in [2.24, 2.45) is 5.92 Å². The quantitative estimate of drug-likeness (QED) is 0.133. The molecule has 2 aliphatic rings. The van der Waals surface area contributed by atoms with Crippen LogP contribution in [0.3, 0.4) is 0 Å². The third-order valence-corrected chi connectivity index (χ3v) is 23.8. The number of carbonyl (C=O) groups excluding carboxylic acids is 3. The fourth-order valence-corrected chi connectivity index (χ4v) is 23.0. The summed E-state index contributed by atoms with van der Waals surface area (Å²) in [5.74, 6) is -1.16. The van der Waals surface area contributed by atoms with Gasteiger partial charge in [0.1, 0.15) is 0 Å². The van der Waals surface area contributed by atoms with Crippen LogP contribution in [0.2, 0.25) is 13.3 Å². The minimum atomic E-state index is -2.99. The molecular weight excluding hydrogens is 583 g/mol. The van der Waals surface area contributed by atoms with Crippen LogP contribution >= 0.6 is 0 Å². The summed E-state index contributed by atoms with van der Waals surface area (Å²) in [5.41, 5.74) is 1.20. The Morgan fingerprint density at radius 1 is 0.865 bits per heavy atom. The number of esters is 3. The molecule has 2 heterocycles. The van der Waals surface area contributed by atoms with Crippen molar-refractivity contribution >= 4 is 36.3 Å². The zero-order valence-electron chi connectivity index (χ0n) is 23.8. The molecule has 0 amide bonds.